The third kappa shape index (κ3) is 1.25. The minimum absolute atomic E-state index is 0.700. The predicted octanol–water partition coefficient (Wildman–Crippen LogP) is 2.68. The number of rotatable bonds is 0. The Morgan fingerprint density at radius 1 is 0.889 bits per heavy atom. The maximum absolute atomic E-state index is 6.53. The largest absolute Gasteiger partial charge is 0.449 e. The van der Waals surface area contributed by atoms with Crippen molar-refractivity contribution in [1.29, 1.82) is 0 Å². The highest BCUT2D eigenvalue weighted by Gasteiger charge is 2.48. The summed E-state index contributed by atoms with van der Waals surface area (Å²) in [5.74, 6) is 1.40. The van der Waals surface area contributed by atoms with E-state index >= 15 is 0 Å². The fourth-order valence-electron chi connectivity index (χ4n) is 4.18. The SMILES string of the molecule is C[Si]1(C)O[Si](C)(C)c2cc3c(cc21)C1C=CC3C1. The first-order chi connectivity index (χ1) is 8.38. The number of allylic oxidation sites excluding steroid dienone is 2. The van der Waals surface area contributed by atoms with E-state index in [1.807, 2.05) is 0 Å². The third-order valence-electron chi connectivity index (χ3n) is 4.91. The molecule has 0 N–H and O–H groups in total. The Labute approximate surface area is 111 Å². The van der Waals surface area contributed by atoms with Gasteiger partial charge in [-0.1, -0.05) is 24.3 Å². The van der Waals surface area contributed by atoms with Gasteiger partial charge in [0.25, 0.3) is 0 Å². The van der Waals surface area contributed by atoms with Crippen LogP contribution in [0.2, 0.25) is 26.2 Å². The highest BCUT2D eigenvalue weighted by atomic mass is 28.4. The molecule has 2 unspecified atom stereocenters. The van der Waals surface area contributed by atoms with Gasteiger partial charge in [0, 0.05) is 11.8 Å². The first-order valence-corrected chi connectivity index (χ1v) is 12.8. The molecule has 94 valence electrons. The Morgan fingerprint density at radius 3 is 1.78 bits per heavy atom. The summed E-state index contributed by atoms with van der Waals surface area (Å²) >= 11 is 0. The van der Waals surface area contributed by atoms with Crippen molar-refractivity contribution in [1.82, 2.24) is 0 Å². The minimum Gasteiger partial charge on any atom is -0.449 e. The van der Waals surface area contributed by atoms with Gasteiger partial charge in [-0.3, -0.25) is 0 Å². The fraction of sp³-hybridized carbons (Fsp3) is 0.467. The molecular formula is C15H20OSi2. The molecule has 0 fully saturated rings. The van der Waals surface area contributed by atoms with Gasteiger partial charge in [-0.05, 0) is 54.1 Å². The van der Waals surface area contributed by atoms with E-state index in [9.17, 15) is 0 Å². The summed E-state index contributed by atoms with van der Waals surface area (Å²) in [6.45, 7) is 9.46. The van der Waals surface area contributed by atoms with Gasteiger partial charge >= 0.3 is 0 Å². The lowest BCUT2D eigenvalue weighted by Gasteiger charge is -2.22. The zero-order valence-corrected chi connectivity index (χ0v) is 13.6. The summed E-state index contributed by atoms with van der Waals surface area (Å²) < 4.78 is 6.53. The molecular weight excluding hydrogens is 252 g/mol. The normalized spacial score (nSPS) is 32.7. The van der Waals surface area contributed by atoms with E-state index in [0.29, 0.717) is 11.8 Å². The van der Waals surface area contributed by atoms with Crippen LogP contribution in [0, 0.1) is 0 Å². The average molecular weight is 272 g/mol. The van der Waals surface area contributed by atoms with E-state index in [0.717, 1.165) is 0 Å². The molecule has 2 aliphatic carbocycles. The smallest absolute Gasteiger partial charge is 0.206 e. The summed E-state index contributed by atoms with van der Waals surface area (Å²) in [6, 6.07) is 5.04. The Balaban J connectivity index is 1.98. The molecule has 3 heteroatoms. The van der Waals surface area contributed by atoms with Crippen LogP contribution >= 0.6 is 0 Å². The fourth-order valence-corrected chi connectivity index (χ4v) is 14.4. The summed E-state index contributed by atoms with van der Waals surface area (Å²) in [4.78, 5) is 0. The monoisotopic (exact) mass is 272 g/mol. The summed E-state index contributed by atoms with van der Waals surface area (Å²) in [7, 11) is -3.26. The van der Waals surface area contributed by atoms with Crippen molar-refractivity contribution < 1.29 is 4.12 Å². The molecule has 1 aromatic carbocycles. The number of hydrogen-bond acceptors (Lipinski definition) is 1. The second kappa shape index (κ2) is 3.08. The van der Waals surface area contributed by atoms with Gasteiger partial charge in [0.15, 0.2) is 0 Å². The maximum Gasteiger partial charge on any atom is 0.206 e. The van der Waals surface area contributed by atoms with Gasteiger partial charge in [0.2, 0.25) is 16.6 Å². The molecule has 2 bridgehead atoms. The van der Waals surface area contributed by atoms with Crippen molar-refractivity contribution in [3.63, 3.8) is 0 Å². The quantitative estimate of drug-likeness (QED) is 0.521. The number of benzene rings is 1. The van der Waals surface area contributed by atoms with Gasteiger partial charge in [0.05, 0.1) is 0 Å². The Hall–Kier alpha value is -0.646. The van der Waals surface area contributed by atoms with Gasteiger partial charge in [-0.2, -0.15) is 0 Å². The van der Waals surface area contributed by atoms with E-state index in [-0.39, 0.29) is 0 Å². The van der Waals surface area contributed by atoms with Crippen LogP contribution in [0.15, 0.2) is 24.3 Å². The molecule has 0 amide bonds. The van der Waals surface area contributed by atoms with Crippen LogP contribution in [0.5, 0.6) is 0 Å². The highest BCUT2D eigenvalue weighted by Crippen LogP contribution is 2.48. The zero-order valence-electron chi connectivity index (χ0n) is 11.6. The van der Waals surface area contributed by atoms with E-state index in [1.54, 1.807) is 21.5 Å². The topological polar surface area (TPSA) is 9.23 Å². The van der Waals surface area contributed by atoms with Crippen LogP contribution in [0.25, 0.3) is 0 Å². The van der Waals surface area contributed by atoms with Crippen LogP contribution in [0.3, 0.4) is 0 Å². The molecule has 1 nitrogen and oxygen atoms in total. The van der Waals surface area contributed by atoms with Gasteiger partial charge in [-0.15, -0.1) is 0 Å². The van der Waals surface area contributed by atoms with Crippen molar-refractivity contribution in [3.8, 4) is 0 Å². The Kier molecular flexibility index (Phi) is 1.92. The summed E-state index contributed by atoms with van der Waals surface area (Å²) in [5.41, 5.74) is 3.22. The lowest BCUT2D eigenvalue weighted by atomic mass is 9.97. The predicted molar refractivity (Wildman–Crippen MR) is 81.0 cm³/mol. The molecule has 0 saturated carbocycles. The molecule has 18 heavy (non-hydrogen) atoms. The van der Waals surface area contributed by atoms with Crippen LogP contribution < -0.4 is 10.4 Å². The van der Waals surface area contributed by atoms with E-state index in [4.69, 9.17) is 4.12 Å². The second-order valence-corrected chi connectivity index (χ2v) is 14.9. The van der Waals surface area contributed by atoms with Crippen molar-refractivity contribution in [3.05, 3.63) is 35.4 Å². The molecule has 1 aromatic rings. The van der Waals surface area contributed by atoms with Crippen molar-refractivity contribution >= 4 is 27.0 Å². The second-order valence-electron chi connectivity index (χ2n) is 6.98. The Morgan fingerprint density at radius 2 is 1.33 bits per heavy atom. The maximum atomic E-state index is 6.53. The molecule has 0 aromatic heterocycles. The lowest BCUT2D eigenvalue weighted by molar-refractivity contribution is 0.583. The summed E-state index contributed by atoms with van der Waals surface area (Å²) in [6.07, 6.45) is 6.14. The molecule has 1 aliphatic heterocycles. The number of fused-ring (bicyclic) bond motifs is 6. The van der Waals surface area contributed by atoms with E-state index in [2.05, 4.69) is 50.5 Å². The number of hydrogen-bond donors (Lipinski definition) is 0. The lowest BCUT2D eigenvalue weighted by Crippen LogP contribution is -2.44. The van der Waals surface area contributed by atoms with Crippen molar-refractivity contribution in [2.24, 2.45) is 0 Å². The molecule has 1 heterocycles. The van der Waals surface area contributed by atoms with Crippen LogP contribution in [0.1, 0.15) is 29.4 Å². The van der Waals surface area contributed by atoms with E-state index < -0.39 is 16.6 Å². The molecule has 4 rings (SSSR count). The molecule has 0 radical (unpaired) electrons. The van der Waals surface area contributed by atoms with Gasteiger partial charge < -0.3 is 4.12 Å². The average Bonchev–Trinajstić information content (AvgIpc) is 2.90. The summed E-state index contributed by atoms with van der Waals surface area (Å²) in [5, 5.41) is 3.19. The molecule has 0 spiro atoms. The molecule has 0 saturated heterocycles. The van der Waals surface area contributed by atoms with Crippen LogP contribution in [-0.2, 0) is 4.12 Å². The molecule has 2 atom stereocenters. The van der Waals surface area contributed by atoms with Crippen molar-refractivity contribution in [2.75, 3.05) is 0 Å². The van der Waals surface area contributed by atoms with E-state index in [1.165, 1.54) is 6.42 Å². The highest BCUT2D eigenvalue weighted by molar-refractivity contribution is 7.05. The molecule has 3 aliphatic rings. The van der Waals surface area contributed by atoms with Crippen LogP contribution in [0.4, 0.5) is 0 Å². The first kappa shape index (κ1) is 11.2. The zero-order chi connectivity index (χ0) is 12.7. The first-order valence-electron chi connectivity index (χ1n) is 6.96. The third-order valence-corrected chi connectivity index (χ3v) is 12.7. The van der Waals surface area contributed by atoms with Crippen LogP contribution in [-0.4, -0.2) is 16.6 Å². The standard InChI is InChI=1S/C15H20OSi2/c1-17(2)14-8-12-10-5-6-11(7-10)13(12)9-15(14)18(3,4)16-17/h5-6,8-11H,7H2,1-4H3. The van der Waals surface area contributed by atoms with Gasteiger partial charge in [0.1, 0.15) is 0 Å². The van der Waals surface area contributed by atoms with Gasteiger partial charge in [-0.25, -0.2) is 0 Å². The Bertz CT molecular complexity index is 537. The van der Waals surface area contributed by atoms with Crippen molar-refractivity contribution in [2.45, 2.75) is 44.4 Å². The minimum atomic E-state index is -1.63.